The number of rotatable bonds is 6. The minimum atomic E-state index is -4.81. The van der Waals surface area contributed by atoms with Crippen LogP contribution in [-0.4, -0.2) is 33.3 Å². The lowest BCUT2D eigenvalue weighted by Crippen LogP contribution is -2.36. The van der Waals surface area contributed by atoms with Gasteiger partial charge in [-0.25, -0.2) is 9.48 Å². The van der Waals surface area contributed by atoms with E-state index in [1.54, 1.807) is 41.3 Å². The summed E-state index contributed by atoms with van der Waals surface area (Å²) >= 11 is 5.94. The van der Waals surface area contributed by atoms with Gasteiger partial charge in [-0.2, -0.15) is 18.3 Å². The van der Waals surface area contributed by atoms with Crippen molar-refractivity contribution >= 4 is 29.3 Å². The van der Waals surface area contributed by atoms with E-state index in [0.29, 0.717) is 36.5 Å². The second-order valence-electron chi connectivity index (χ2n) is 8.73. The lowest BCUT2D eigenvalue weighted by atomic mass is 10.0. The molecule has 1 aliphatic carbocycles. The molecule has 3 aromatic rings. The molecule has 2 aliphatic rings. The molecule has 0 atom stereocenters. The first-order valence-electron chi connectivity index (χ1n) is 10.9. The van der Waals surface area contributed by atoms with E-state index in [4.69, 9.17) is 16.7 Å². The largest absolute Gasteiger partial charge is 0.478 e. The molecule has 2 aromatic carbocycles. The summed E-state index contributed by atoms with van der Waals surface area (Å²) in [4.78, 5) is 26.2. The third-order valence-electron chi connectivity index (χ3n) is 6.38. The van der Waals surface area contributed by atoms with Crippen molar-refractivity contribution in [1.29, 1.82) is 0 Å². The first kappa shape index (κ1) is 23.2. The van der Waals surface area contributed by atoms with Crippen LogP contribution < -0.4 is 10.2 Å². The summed E-state index contributed by atoms with van der Waals surface area (Å²) in [6.45, 7) is 0.925. The van der Waals surface area contributed by atoms with E-state index >= 15 is 0 Å². The number of fused-ring (bicyclic) bond motifs is 1. The van der Waals surface area contributed by atoms with Gasteiger partial charge in [-0.1, -0.05) is 35.9 Å². The summed E-state index contributed by atoms with van der Waals surface area (Å²) in [5.74, 6) is -1.82. The predicted molar refractivity (Wildman–Crippen MR) is 122 cm³/mol. The number of nitrogens with zero attached hydrogens (tertiary/aromatic N) is 3. The number of carbonyl (C=O) groups is 2. The van der Waals surface area contributed by atoms with Crippen LogP contribution in [0.4, 0.5) is 19.0 Å². The number of benzene rings is 2. The van der Waals surface area contributed by atoms with E-state index in [1.807, 2.05) is 0 Å². The Bertz CT molecular complexity index is 1300. The van der Waals surface area contributed by atoms with Crippen LogP contribution in [0, 0.1) is 0 Å². The van der Waals surface area contributed by atoms with Crippen molar-refractivity contribution in [2.75, 3.05) is 11.4 Å². The van der Waals surface area contributed by atoms with Gasteiger partial charge in [0.15, 0.2) is 5.69 Å². The number of carboxylic acid groups (broad SMARTS) is 1. The Morgan fingerprint density at radius 3 is 2.29 bits per heavy atom. The highest BCUT2D eigenvalue weighted by Crippen LogP contribution is 2.47. The third-order valence-corrected chi connectivity index (χ3v) is 6.63. The topological polar surface area (TPSA) is 87.5 Å². The summed E-state index contributed by atoms with van der Waals surface area (Å²) in [7, 11) is 0. The molecule has 1 saturated carbocycles. The van der Waals surface area contributed by atoms with Crippen LogP contribution in [0.1, 0.15) is 50.4 Å². The maximum Gasteiger partial charge on any atom is 0.436 e. The number of amides is 1. The van der Waals surface area contributed by atoms with Crippen molar-refractivity contribution < 1.29 is 27.9 Å². The fraction of sp³-hybridized carbons (Fsp3) is 0.292. The van der Waals surface area contributed by atoms with Crippen molar-refractivity contribution in [3.8, 4) is 0 Å². The average molecular weight is 505 g/mol. The van der Waals surface area contributed by atoms with Gasteiger partial charge < -0.3 is 15.3 Å². The third kappa shape index (κ3) is 4.34. The smallest absolute Gasteiger partial charge is 0.436 e. The summed E-state index contributed by atoms with van der Waals surface area (Å²) in [5, 5.41) is 16.2. The van der Waals surface area contributed by atoms with Crippen molar-refractivity contribution in [3.63, 3.8) is 0 Å². The Labute approximate surface area is 203 Å². The Morgan fingerprint density at radius 1 is 1.06 bits per heavy atom. The molecule has 1 amide bonds. The van der Waals surface area contributed by atoms with Gasteiger partial charge in [0.1, 0.15) is 11.4 Å². The Morgan fingerprint density at radius 2 is 1.71 bits per heavy atom. The fourth-order valence-electron chi connectivity index (χ4n) is 4.45. The van der Waals surface area contributed by atoms with Crippen molar-refractivity contribution in [1.82, 2.24) is 15.1 Å². The Kier molecular flexibility index (Phi) is 5.51. The number of hydrogen-bond acceptors (Lipinski definition) is 4. The molecule has 0 radical (unpaired) electrons. The van der Waals surface area contributed by atoms with Crippen LogP contribution in [0.2, 0.25) is 5.02 Å². The van der Waals surface area contributed by atoms with Gasteiger partial charge in [0.05, 0.1) is 17.6 Å². The van der Waals surface area contributed by atoms with Crippen molar-refractivity contribution in [3.05, 3.63) is 81.5 Å². The first-order valence-corrected chi connectivity index (χ1v) is 11.3. The number of nitrogens with one attached hydrogen (secondary N) is 1. The first-order chi connectivity index (χ1) is 16.6. The molecule has 5 rings (SSSR count). The van der Waals surface area contributed by atoms with Crippen molar-refractivity contribution in [2.45, 2.75) is 37.6 Å². The number of halogens is 4. The number of alkyl halides is 3. The molecule has 7 nitrogen and oxygen atoms in total. The molecule has 1 fully saturated rings. The van der Waals surface area contributed by atoms with Gasteiger partial charge in [0.25, 0.3) is 5.91 Å². The molecular formula is C24H20ClF3N4O3. The predicted octanol–water partition coefficient (Wildman–Crippen LogP) is 4.69. The normalized spacial score (nSPS) is 16.2. The highest BCUT2D eigenvalue weighted by Gasteiger charge is 2.49. The Hall–Kier alpha value is -3.53. The summed E-state index contributed by atoms with van der Waals surface area (Å²) < 4.78 is 43.0. The van der Waals surface area contributed by atoms with Gasteiger partial charge in [0.2, 0.25) is 0 Å². The lowest BCUT2D eigenvalue weighted by Gasteiger charge is -2.22. The molecule has 0 unspecified atom stereocenters. The molecule has 1 aromatic heterocycles. The highest BCUT2D eigenvalue weighted by molar-refractivity contribution is 6.30. The molecular weight excluding hydrogens is 485 g/mol. The maximum atomic E-state index is 13.9. The van der Waals surface area contributed by atoms with Gasteiger partial charge in [-0.3, -0.25) is 4.79 Å². The molecule has 182 valence electrons. The number of carbonyl (C=O) groups excluding carboxylic acids is 1. The molecule has 35 heavy (non-hydrogen) atoms. The average Bonchev–Trinajstić information content (AvgIpc) is 3.31. The quantitative estimate of drug-likeness (QED) is 0.508. The number of hydrogen-bond donors (Lipinski definition) is 2. The minimum absolute atomic E-state index is 0.0857. The number of aromatic nitrogens is 2. The van der Waals surface area contributed by atoms with Crippen LogP contribution in [-0.2, 0) is 24.8 Å². The number of aromatic carboxylic acids is 1. The number of anilines is 1. The summed E-state index contributed by atoms with van der Waals surface area (Å²) in [6.07, 6.45) is -3.75. The van der Waals surface area contributed by atoms with Gasteiger partial charge in [0, 0.05) is 18.1 Å². The van der Waals surface area contributed by atoms with Crippen LogP contribution in [0.3, 0.4) is 0 Å². The molecule has 11 heteroatoms. The van der Waals surface area contributed by atoms with Gasteiger partial charge >= 0.3 is 12.1 Å². The SMILES string of the molecule is O=C(O)c1ccc(C2(NC(=O)c3c(C(F)(F)F)nn4c3N(Cc3ccc(Cl)cc3)CC4)CC2)cc1. The molecule has 0 saturated heterocycles. The van der Waals surface area contributed by atoms with E-state index in [2.05, 4.69) is 10.4 Å². The second kappa shape index (κ2) is 8.30. The van der Waals surface area contributed by atoms with Crippen molar-refractivity contribution in [2.24, 2.45) is 0 Å². The minimum Gasteiger partial charge on any atom is -0.478 e. The summed E-state index contributed by atoms with van der Waals surface area (Å²) in [6, 6.07) is 13.0. The zero-order valence-electron chi connectivity index (χ0n) is 18.3. The fourth-order valence-corrected chi connectivity index (χ4v) is 4.57. The van der Waals surface area contributed by atoms with Crippen LogP contribution in [0.15, 0.2) is 48.5 Å². The van der Waals surface area contributed by atoms with Gasteiger partial charge in [-0.05, 0) is 48.2 Å². The molecule has 2 heterocycles. The van der Waals surface area contributed by atoms with E-state index in [0.717, 1.165) is 5.56 Å². The molecule has 2 N–H and O–H groups in total. The Balaban J connectivity index is 1.47. The van der Waals surface area contributed by atoms with Crippen LogP contribution in [0.25, 0.3) is 0 Å². The second-order valence-corrected chi connectivity index (χ2v) is 9.17. The van der Waals surface area contributed by atoms with E-state index in [1.165, 1.54) is 16.8 Å². The number of carboxylic acids is 1. The molecule has 0 bridgehead atoms. The highest BCUT2D eigenvalue weighted by atomic mass is 35.5. The standard InChI is InChI=1S/C24H20ClF3N4O3/c25-17-7-1-14(2-8-17)13-31-11-12-32-21(31)18(19(30-32)24(26,27)28)20(33)29-23(9-10-23)16-5-3-15(4-6-16)22(34)35/h1-8H,9-13H2,(H,29,33)(H,34,35). The maximum absolute atomic E-state index is 13.9. The van der Waals surface area contributed by atoms with E-state index in [9.17, 15) is 22.8 Å². The molecule has 0 spiro atoms. The monoisotopic (exact) mass is 504 g/mol. The lowest BCUT2D eigenvalue weighted by molar-refractivity contribution is -0.141. The van der Waals surface area contributed by atoms with Crippen LogP contribution in [0.5, 0.6) is 0 Å². The molecule has 1 aliphatic heterocycles. The van der Waals surface area contributed by atoms with E-state index < -0.39 is 34.8 Å². The van der Waals surface area contributed by atoms with E-state index in [-0.39, 0.29) is 17.9 Å². The zero-order valence-corrected chi connectivity index (χ0v) is 19.0. The van der Waals surface area contributed by atoms with Gasteiger partial charge in [-0.15, -0.1) is 0 Å². The summed E-state index contributed by atoms with van der Waals surface area (Å²) in [5.41, 5.74) is -0.999. The zero-order chi connectivity index (χ0) is 25.0. The van der Waals surface area contributed by atoms with Crippen LogP contribution >= 0.6 is 11.6 Å².